The van der Waals surface area contributed by atoms with E-state index in [1.807, 2.05) is 12.1 Å². The van der Waals surface area contributed by atoms with Gasteiger partial charge in [0.25, 0.3) is 5.91 Å². The summed E-state index contributed by atoms with van der Waals surface area (Å²) < 4.78 is 23.9. The third-order valence-corrected chi connectivity index (χ3v) is 3.29. The van der Waals surface area contributed by atoms with Crippen LogP contribution >= 0.6 is 0 Å². The Morgan fingerprint density at radius 1 is 1.21 bits per heavy atom. The van der Waals surface area contributed by atoms with E-state index in [9.17, 15) is 9.18 Å². The first-order chi connectivity index (χ1) is 11.7. The van der Waals surface area contributed by atoms with E-state index in [0.717, 1.165) is 11.1 Å². The number of aromatic nitrogens is 1. The van der Waals surface area contributed by atoms with Crippen molar-refractivity contribution in [1.82, 2.24) is 10.3 Å². The zero-order chi connectivity index (χ0) is 16.8. The topological polar surface area (TPSA) is 64.4 Å². The van der Waals surface area contributed by atoms with Gasteiger partial charge in [-0.2, -0.15) is 0 Å². The number of benzene rings is 1. The first-order valence-corrected chi connectivity index (χ1v) is 7.34. The van der Waals surface area contributed by atoms with Gasteiger partial charge in [-0.15, -0.1) is 0 Å². The molecule has 122 valence electrons. The predicted octanol–water partition coefficient (Wildman–Crippen LogP) is 3.18. The lowest BCUT2D eigenvalue weighted by atomic mass is 10.1. The van der Waals surface area contributed by atoms with Gasteiger partial charge >= 0.3 is 0 Å². The number of carbonyl (C=O) groups is 1. The van der Waals surface area contributed by atoms with Gasteiger partial charge in [0.05, 0.1) is 6.26 Å². The molecule has 0 fully saturated rings. The number of pyridine rings is 1. The van der Waals surface area contributed by atoms with E-state index in [1.54, 1.807) is 36.9 Å². The first kappa shape index (κ1) is 15.7. The van der Waals surface area contributed by atoms with Gasteiger partial charge in [-0.1, -0.05) is 12.1 Å². The molecule has 5 nitrogen and oxygen atoms in total. The molecule has 1 N–H and O–H groups in total. The summed E-state index contributed by atoms with van der Waals surface area (Å²) in [6, 6.07) is 11.5. The Morgan fingerprint density at radius 2 is 2.08 bits per heavy atom. The SMILES string of the molecule is O=C(COc1ccccc1F)NCc1cncc(-c2ccco2)c1. The van der Waals surface area contributed by atoms with Crippen molar-refractivity contribution < 1.29 is 18.3 Å². The van der Waals surface area contributed by atoms with Crippen LogP contribution < -0.4 is 10.1 Å². The summed E-state index contributed by atoms with van der Waals surface area (Å²) >= 11 is 0. The van der Waals surface area contributed by atoms with Crippen molar-refractivity contribution in [2.45, 2.75) is 6.54 Å². The van der Waals surface area contributed by atoms with Crippen molar-refractivity contribution in [3.05, 3.63) is 72.5 Å². The molecule has 0 aliphatic rings. The molecule has 0 unspecified atom stereocenters. The van der Waals surface area contributed by atoms with Gasteiger partial charge in [0.15, 0.2) is 18.2 Å². The molecule has 0 spiro atoms. The summed E-state index contributed by atoms with van der Waals surface area (Å²) in [6.45, 7) is 0.0350. The molecule has 24 heavy (non-hydrogen) atoms. The third kappa shape index (κ3) is 3.98. The Balaban J connectivity index is 1.53. The molecule has 1 aromatic carbocycles. The fourth-order valence-electron chi connectivity index (χ4n) is 2.12. The number of hydrogen-bond donors (Lipinski definition) is 1. The number of halogens is 1. The van der Waals surface area contributed by atoms with Crippen molar-refractivity contribution in [2.75, 3.05) is 6.61 Å². The van der Waals surface area contributed by atoms with E-state index in [2.05, 4.69) is 10.3 Å². The summed E-state index contributed by atoms with van der Waals surface area (Å²) in [5.41, 5.74) is 1.65. The number of nitrogens with zero attached hydrogens (tertiary/aromatic N) is 1. The number of carbonyl (C=O) groups excluding carboxylic acids is 1. The fourth-order valence-corrected chi connectivity index (χ4v) is 2.12. The minimum atomic E-state index is -0.499. The minimum Gasteiger partial charge on any atom is -0.481 e. The van der Waals surface area contributed by atoms with Gasteiger partial charge in [0.2, 0.25) is 0 Å². The summed E-state index contributed by atoms with van der Waals surface area (Å²) in [6.07, 6.45) is 4.93. The standard InChI is InChI=1S/C18H15FN2O3/c19-15-4-1-2-5-17(15)24-12-18(22)21-10-13-8-14(11-20-9-13)16-6-3-7-23-16/h1-9,11H,10,12H2,(H,21,22). The molecule has 0 aliphatic carbocycles. The number of nitrogens with one attached hydrogen (secondary N) is 1. The van der Waals surface area contributed by atoms with E-state index < -0.39 is 5.82 Å². The molecule has 0 bridgehead atoms. The van der Waals surface area contributed by atoms with Gasteiger partial charge in [0.1, 0.15) is 5.76 Å². The lowest BCUT2D eigenvalue weighted by Gasteiger charge is -2.08. The Hall–Kier alpha value is -3.15. The molecule has 0 atom stereocenters. The molecule has 3 aromatic rings. The quantitative estimate of drug-likeness (QED) is 0.756. The van der Waals surface area contributed by atoms with Crippen LogP contribution in [0.3, 0.4) is 0 Å². The molecule has 0 aliphatic heterocycles. The molecule has 2 heterocycles. The predicted molar refractivity (Wildman–Crippen MR) is 85.7 cm³/mol. The van der Waals surface area contributed by atoms with E-state index in [-0.39, 0.29) is 18.3 Å². The second-order valence-electron chi connectivity index (χ2n) is 5.05. The zero-order valence-corrected chi connectivity index (χ0v) is 12.7. The van der Waals surface area contributed by atoms with Crippen LogP contribution in [-0.2, 0) is 11.3 Å². The van der Waals surface area contributed by atoms with Crippen LogP contribution in [0.2, 0.25) is 0 Å². The molecule has 0 radical (unpaired) electrons. The Kier molecular flexibility index (Phi) is 4.86. The van der Waals surface area contributed by atoms with Crippen LogP contribution in [0.5, 0.6) is 5.75 Å². The first-order valence-electron chi connectivity index (χ1n) is 7.34. The molecule has 0 saturated heterocycles. The molecular weight excluding hydrogens is 311 g/mol. The molecule has 3 rings (SSSR count). The highest BCUT2D eigenvalue weighted by molar-refractivity contribution is 5.77. The maximum absolute atomic E-state index is 13.4. The van der Waals surface area contributed by atoms with E-state index in [4.69, 9.17) is 9.15 Å². The van der Waals surface area contributed by atoms with Crippen LogP contribution in [0.15, 0.2) is 65.5 Å². The lowest BCUT2D eigenvalue weighted by molar-refractivity contribution is -0.123. The second kappa shape index (κ2) is 7.41. The molecular formula is C18H15FN2O3. The number of ether oxygens (including phenoxy) is 1. The largest absolute Gasteiger partial charge is 0.481 e. The highest BCUT2D eigenvalue weighted by Crippen LogP contribution is 2.19. The van der Waals surface area contributed by atoms with Gasteiger partial charge in [-0.3, -0.25) is 9.78 Å². The van der Waals surface area contributed by atoms with Gasteiger partial charge in [0, 0.05) is 24.5 Å². The van der Waals surface area contributed by atoms with Crippen LogP contribution in [0, 0.1) is 5.82 Å². The number of para-hydroxylation sites is 1. The van der Waals surface area contributed by atoms with Crippen molar-refractivity contribution >= 4 is 5.91 Å². The number of amides is 1. The lowest BCUT2D eigenvalue weighted by Crippen LogP contribution is -2.28. The van der Waals surface area contributed by atoms with E-state index >= 15 is 0 Å². The summed E-state index contributed by atoms with van der Waals surface area (Å²) in [7, 11) is 0. The average Bonchev–Trinajstić information content (AvgIpc) is 3.14. The summed E-state index contributed by atoms with van der Waals surface area (Å²) in [4.78, 5) is 15.9. The minimum absolute atomic E-state index is 0.0501. The number of rotatable bonds is 6. The highest BCUT2D eigenvalue weighted by atomic mass is 19.1. The average molecular weight is 326 g/mol. The van der Waals surface area contributed by atoms with Crippen LogP contribution in [0.1, 0.15) is 5.56 Å². The third-order valence-electron chi connectivity index (χ3n) is 3.29. The molecule has 0 saturated carbocycles. The molecule has 6 heteroatoms. The van der Waals surface area contributed by atoms with Gasteiger partial charge in [-0.25, -0.2) is 4.39 Å². The summed E-state index contributed by atoms with van der Waals surface area (Å²) in [5, 5.41) is 2.70. The van der Waals surface area contributed by atoms with Crippen LogP contribution in [0.25, 0.3) is 11.3 Å². The van der Waals surface area contributed by atoms with Crippen LogP contribution in [0.4, 0.5) is 4.39 Å². The fraction of sp³-hybridized carbons (Fsp3) is 0.111. The van der Waals surface area contributed by atoms with Gasteiger partial charge in [-0.05, 0) is 35.9 Å². The second-order valence-corrected chi connectivity index (χ2v) is 5.05. The highest BCUT2D eigenvalue weighted by Gasteiger charge is 2.07. The maximum atomic E-state index is 13.4. The number of furan rings is 1. The normalized spacial score (nSPS) is 10.4. The van der Waals surface area contributed by atoms with E-state index in [1.165, 1.54) is 12.1 Å². The summed E-state index contributed by atoms with van der Waals surface area (Å²) in [5.74, 6) is -0.0880. The monoisotopic (exact) mass is 326 g/mol. The molecule has 1 amide bonds. The Morgan fingerprint density at radius 3 is 2.88 bits per heavy atom. The Labute approximate surface area is 138 Å². The van der Waals surface area contributed by atoms with Crippen molar-refractivity contribution in [3.63, 3.8) is 0 Å². The molecule has 2 aromatic heterocycles. The van der Waals surface area contributed by atoms with Crippen molar-refractivity contribution in [3.8, 4) is 17.1 Å². The van der Waals surface area contributed by atoms with Crippen LogP contribution in [-0.4, -0.2) is 17.5 Å². The smallest absolute Gasteiger partial charge is 0.258 e. The van der Waals surface area contributed by atoms with Crippen molar-refractivity contribution in [2.24, 2.45) is 0 Å². The Bertz CT molecular complexity index is 819. The van der Waals surface area contributed by atoms with E-state index in [0.29, 0.717) is 12.3 Å². The maximum Gasteiger partial charge on any atom is 0.258 e. The van der Waals surface area contributed by atoms with Crippen molar-refractivity contribution in [1.29, 1.82) is 0 Å². The number of hydrogen-bond acceptors (Lipinski definition) is 4. The zero-order valence-electron chi connectivity index (χ0n) is 12.7. The van der Waals surface area contributed by atoms with Gasteiger partial charge < -0.3 is 14.5 Å².